The van der Waals surface area contributed by atoms with E-state index in [1.54, 1.807) is 6.20 Å². The molecule has 1 aliphatic rings. The molecule has 1 unspecified atom stereocenters. The lowest BCUT2D eigenvalue weighted by atomic mass is 10.1. The molecule has 0 amide bonds. The number of hydrogen-bond acceptors (Lipinski definition) is 3. The van der Waals surface area contributed by atoms with Gasteiger partial charge in [0.2, 0.25) is 0 Å². The average Bonchev–Trinajstić information content (AvgIpc) is 2.17. The van der Waals surface area contributed by atoms with Crippen LogP contribution in [-0.4, -0.2) is 24.6 Å². The Bertz CT molecular complexity index is 347. The van der Waals surface area contributed by atoms with E-state index in [1.807, 2.05) is 19.1 Å². The summed E-state index contributed by atoms with van der Waals surface area (Å²) in [7, 11) is 0. The zero-order chi connectivity index (χ0) is 10.9. The van der Waals surface area contributed by atoms with E-state index in [2.05, 4.69) is 10.3 Å². The van der Waals surface area contributed by atoms with E-state index in [1.165, 1.54) is 0 Å². The lowest BCUT2D eigenvalue weighted by Gasteiger charge is -2.23. The third-order valence-electron chi connectivity index (χ3n) is 2.04. The highest BCUT2D eigenvalue weighted by molar-refractivity contribution is 5.16. The highest BCUT2D eigenvalue weighted by Crippen LogP contribution is 2.16. The summed E-state index contributed by atoms with van der Waals surface area (Å²) in [6.07, 6.45) is 1.60. The van der Waals surface area contributed by atoms with Crippen molar-refractivity contribution >= 4 is 0 Å². The van der Waals surface area contributed by atoms with Gasteiger partial charge in [-0.15, -0.1) is 0 Å². The van der Waals surface area contributed by atoms with Gasteiger partial charge in [-0.05, 0) is 24.6 Å². The van der Waals surface area contributed by atoms with Crippen molar-refractivity contribution in [3.63, 3.8) is 0 Å². The number of aromatic nitrogens is 1. The standard InChI is InChI=1S/C10H14N2O/c1-8-2-3-12-9(6-8)10-7-11-4-5-13-10/h2-3,6,10-11H,4-5,7H2,1H3/i4D2. The molecule has 1 fully saturated rings. The van der Waals surface area contributed by atoms with Gasteiger partial charge >= 0.3 is 0 Å². The van der Waals surface area contributed by atoms with Crippen molar-refractivity contribution in [1.29, 1.82) is 0 Å². The summed E-state index contributed by atoms with van der Waals surface area (Å²) >= 11 is 0. The second kappa shape index (κ2) is 3.85. The fourth-order valence-electron chi connectivity index (χ4n) is 1.34. The number of ether oxygens (including phenoxy) is 1. The Kier molecular flexibility index (Phi) is 1.93. The van der Waals surface area contributed by atoms with Crippen LogP contribution in [0.25, 0.3) is 0 Å². The second-order valence-electron chi connectivity index (χ2n) is 3.12. The second-order valence-corrected chi connectivity index (χ2v) is 3.12. The Balaban J connectivity index is 2.08. The molecule has 0 radical (unpaired) electrons. The van der Waals surface area contributed by atoms with Crippen molar-refractivity contribution in [1.82, 2.24) is 10.3 Å². The van der Waals surface area contributed by atoms with Crippen LogP contribution in [0.5, 0.6) is 0 Å². The number of nitrogens with one attached hydrogen (secondary N) is 1. The number of morpholine rings is 1. The molecule has 70 valence electrons. The molecule has 2 rings (SSSR count). The van der Waals surface area contributed by atoms with Crippen molar-refractivity contribution < 1.29 is 7.48 Å². The molecule has 0 bridgehead atoms. The molecule has 2 heterocycles. The maximum Gasteiger partial charge on any atom is 0.112 e. The van der Waals surface area contributed by atoms with Crippen LogP contribution in [0.1, 0.15) is 20.1 Å². The Labute approximate surface area is 80.9 Å². The number of hydrogen-bond donors (Lipinski definition) is 1. The first-order valence-electron chi connectivity index (χ1n) is 5.36. The molecule has 0 saturated carbocycles. The third kappa shape index (κ3) is 2.05. The predicted octanol–water partition coefficient (Wildman–Crippen LogP) is 1.05. The summed E-state index contributed by atoms with van der Waals surface area (Å²) < 4.78 is 20.3. The molecule has 1 aromatic heterocycles. The largest absolute Gasteiger partial charge is 0.369 e. The zero-order valence-corrected chi connectivity index (χ0v) is 7.58. The number of pyridine rings is 1. The molecular weight excluding hydrogens is 164 g/mol. The van der Waals surface area contributed by atoms with Gasteiger partial charge in [-0.25, -0.2) is 0 Å². The van der Waals surface area contributed by atoms with E-state index >= 15 is 0 Å². The molecule has 1 aliphatic heterocycles. The average molecular weight is 180 g/mol. The van der Waals surface area contributed by atoms with Gasteiger partial charge in [-0.2, -0.15) is 0 Å². The summed E-state index contributed by atoms with van der Waals surface area (Å²) in [4.78, 5) is 4.22. The lowest BCUT2D eigenvalue weighted by Crippen LogP contribution is -2.33. The van der Waals surface area contributed by atoms with Crippen LogP contribution in [0.4, 0.5) is 0 Å². The summed E-state index contributed by atoms with van der Waals surface area (Å²) in [5.41, 5.74) is 2.00. The highest BCUT2D eigenvalue weighted by Gasteiger charge is 2.16. The van der Waals surface area contributed by atoms with Crippen LogP contribution in [-0.2, 0) is 4.74 Å². The molecule has 13 heavy (non-hydrogen) atoms. The van der Waals surface area contributed by atoms with Crippen molar-refractivity contribution in [2.24, 2.45) is 0 Å². The number of aryl methyl sites for hydroxylation is 1. The van der Waals surface area contributed by atoms with E-state index < -0.39 is 6.50 Å². The Morgan fingerprint density at radius 2 is 2.69 bits per heavy atom. The molecule has 1 aromatic rings. The van der Waals surface area contributed by atoms with E-state index in [0.29, 0.717) is 6.54 Å². The Morgan fingerprint density at radius 3 is 3.38 bits per heavy atom. The molecule has 0 spiro atoms. The maximum atomic E-state index is 7.43. The van der Waals surface area contributed by atoms with E-state index in [9.17, 15) is 0 Å². The maximum absolute atomic E-state index is 7.43. The summed E-state index contributed by atoms with van der Waals surface area (Å²) in [6.45, 7) is 1.11. The highest BCUT2D eigenvalue weighted by atomic mass is 16.5. The van der Waals surface area contributed by atoms with E-state index in [-0.39, 0.29) is 12.7 Å². The lowest BCUT2D eigenvalue weighted by molar-refractivity contribution is 0.0250. The summed E-state index contributed by atoms with van der Waals surface area (Å²) in [6, 6.07) is 3.90. The fourth-order valence-corrected chi connectivity index (χ4v) is 1.34. The van der Waals surface area contributed by atoms with Gasteiger partial charge in [0.05, 0.1) is 12.3 Å². The van der Waals surface area contributed by atoms with Crippen molar-refractivity contribution in [3.8, 4) is 0 Å². The third-order valence-corrected chi connectivity index (χ3v) is 2.04. The number of nitrogens with zero attached hydrogens (tertiary/aromatic N) is 1. The molecule has 1 saturated heterocycles. The quantitative estimate of drug-likeness (QED) is 0.701. The topological polar surface area (TPSA) is 34.1 Å². The van der Waals surface area contributed by atoms with Crippen molar-refractivity contribution in [2.45, 2.75) is 13.0 Å². The van der Waals surface area contributed by atoms with Crippen LogP contribution in [0, 0.1) is 6.92 Å². The van der Waals surface area contributed by atoms with Crippen LogP contribution in [0.15, 0.2) is 18.3 Å². The van der Waals surface area contributed by atoms with Crippen LogP contribution >= 0.6 is 0 Å². The smallest absolute Gasteiger partial charge is 0.112 e. The van der Waals surface area contributed by atoms with Gasteiger partial charge in [-0.3, -0.25) is 4.98 Å². The molecule has 1 atom stereocenters. The van der Waals surface area contributed by atoms with Gasteiger partial charge in [0.25, 0.3) is 0 Å². The first-order valence-corrected chi connectivity index (χ1v) is 4.36. The predicted molar refractivity (Wildman–Crippen MR) is 50.5 cm³/mol. The fraction of sp³-hybridized carbons (Fsp3) is 0.500. The molecule has 0 aromatic carbocycles. The zero-order valence-electron chi connectivity index (χ0n) is 9.58. The van der Waals surface area contributed by atoms with Gasteiger partial charge in [0, 0.05) is 22.0 Å². The van der Waals surface area contributed by atoms with Crippen LogP contribution < -0.4 is 5.32 Å². The van der Waals surface area contributed by atoms with Crippen molar-refractivity contribution in [2.75, 3.05) is 19.6 Å². The molecule has 1 N–H and O–H groups in total. The normalized spacial score (nSPS) is 29.2. The summed E-state index contributed by atoms with van der Waals surface area (Å²) in [5, 5.41) is 2.79. The minimum atomic E-state index is -1.42. The molecule has 3 heteroatoms. The monoisotopic (exact) mass is 180 g/mol. The minimum Gasteiger partial charge on any atom is -0.369 e. The number of rotatable bonds is 1. The molecule has 3 nitrogen and oxygen atoms in total. The van der Waals surface area contributed by atoms with E-state index in [4.69, 9.17) is 7.48 Å². The molecular formula is C10H14N2O. The first kappa shape index (κ1) is 6.51. The summed E-state index contributed by atoms with van der Waals surface area (Å²) in [5.74, 6) is 0. The Morgan fingerprint density at radius 1 is 1.77 bits per heavy atom. The molecule has 0 aliphatic carbocycles. The van der Waals surface area contributed by atoms with Gasteiger partial charge in [0.15, 0.2) is 0 Å². The Hall–Kier alpha value is -0.930. The first-order chi connectivity index (χ1) is 7.07. The van der Waals surface area contributed by atoms with Crippen molar-refractivity contribution in [3.05, 3.63) is 29.6 Å². The van der Waals surface area contributed by atoms with E-state index in [0.717, 1.165) is 11.3 Å². The van der Waals surface area contributed by atoms with Gasteiger partial charge < -0.3 is 10.1 Å². The van der Waals surface area contributed by atoms with Gasteiger partial charge in [0.1, 0.15) is 6.10 Å². The minimum absolute atomic E-state index is 0.0628. The SMILES string of the molecule is [2H]C1([2H])COC(c2cc(C)ccn2)CN1. The van der Waals surface area contributed by atoms with Crippen LogP contribution in [0.3, 0.4) is 0 Å². The van der Waals surface area contributed by atoms with Gasteiger partial charge in [-0.1, -0.05) is 0 Å². The van der Waals surface area contributed by atoms with Crippen LogP contribution in [0.2, 0.25) is 0 Å².